The van der Waals surface area contributed by atoms with E-state index < -0.39 is 127 Å². The number of nitrogens with two attached hydrogens (primary N) is 1. The summed E-state index contributed by atoms with van der Waals surface area (Å²) in [5, 5.41) is 69.2. The maximum atomic E-state index is 14.9. The number of ketones is 2. The summed E-state index contributed by atoms with van der Waals surface area (Å²) in [6, 6.07) is 14.9. The average Bonchev–Trinajstić information content (AvgIpc) is 1.74. The second-order valence-corrected chi connectivity index (χ2v) is 23.9. The highest BCUT2D eigenvalue weighted by Crippen LogP contribution is 2.22. The fourth-order valence-electron chi connectivity index (χ4n) is 10.8. The largest absolute Gasteiger partial charge is 0.508 e. The van der Waals surface area contributed by atoms with Crippen LogP contribution in [-0.2, 0) is 73.6 Å². The minimum absolute atomic E-state index is 0.00995. The number of phenols is 3. The molecule has 496 valence electrons. The van der Waals surface area contributed by atoms with Crippen molar-refractivity contribution >= 4 is 70.2 Å². The molecule has 0 aliphatic carbocycles. The van der Waals surface area contributed by atoms with Crippen molar-refractivity contribution < 1.29 is 73.5 Å². The summed E-state index contributed by atoms with van der Waals surface area (Å²) in [7, 11) is 1.91. The number of carbonyl (C=O) groups excluding carboxylic acids is 9. The van der Waals surface area contributed by atoms with Gasteiger partial charge in [0.25, 0.3) is 0 Å². The average molecular weight is 1270 g/mol. The zero-order valence-electron chi connectivity index (χ0n) is 52.1. The predicted molar refractivity (Wildman–Crippen MR) is 340 cm³/mol. The number of Topliss-reactive ketones (excluding diaryl/α,β-unsaturated/α-hetero) is 2. The standard InChI is InChI=1S/C66H87N11O15/c1-40(2)30-54-61(86)60(85)53(32-42-15-21-48(81)22-16-42)72-63(88)52(25-26-58(67)83)71-65(90)57(39-79)74-64(89)55(34-45-36-69-51-12-5-4-11-50(45)51)73-62(87)44(35-68-46(38-78)31-41-13-19-47(80)20-14-41)10-6-7-27-76(3)28-8-9-29-77(75-54)37-59(84)70-56(66(91)92)33-43-17-23-49(82)24-18-43/h4-5,11-24,36,38,40,44,46,52-57,68-69,75,79-82H,6-10,25-35,37,39H2,1-3H3,(H2,67,83)(H,70,84)(H,71,90)(H,72,88)(H,73,87)(H,74,89)(H,91,92)/t44-,46+,52+,53?,54+,55+,56+,57?/m1/s1. The number of aldehydes is 1. The molecule has 2 unspecified atom stereocenters. The van der Waals surface area contributed by atoms with Gasteiger partial charge in [0.2, 0.25) is 47.0 Å². The molecule has 1 fully saturated rings. The fraction of sp³-hybridized carbons (Fsp3) is 0.455. The molecule has 0 bridgehead atoms. The van der Waals surface area contributed by atoms with Crippen LogP contribution in [0.4, 0.5) is 0 Å². The van der Waals surface area contributed by atoms with Crippen molar-refractivity contribution in [1.29, 1.82) is 0 Å². The molecule has 0 spiro atoms. The summed E-state index contributed by atoms with van der Waals surface area (Å²) in [6.07, 6.45) is 3.44. The molecule has 8 atom stereocenters. The van der Waals surface area contributed by atoms with Gasteiger partial charge in [0, 0.05) is 55.9 Å². The van der Waals surface area contributed by atoms with Crippen molar-refractivity contribution in [2.45, 2.75) is 133 Å². The first-order valence-corrected chi connectivity index (χ1v) is 31.0. The van der Waals surface area contributed by atoms with Crippen LogP contribution in [0.3, 0.4) is 0 Å². The molecule has 26 heteroatoms. The van der Waals surface area contributed by atoms with E-state index in [1.807, 2.05) is 25.2 Å². The summed E-state index contributed by atoms with van der Waals surface area (Å²) in [4.78, 5) is 145. The number of hydrogen-bond acceptors (Lipinski definition) is 18. The molecule has 1 aromatic heterocycles. The van der Waals surface area contributed by atoms with Gasteiger partial charge in [0.15, 0.2) is 0 Å². The Balaban J connectivity index is 1.35. The van der Waals surface area contributed by atoms with E-state index in [0.717, 1.165) is 22.8 Å². The number of phenolic OH excluding ortho intramolecular Hbond substituents is 3. The number of primary amides is 1. The predicted octanol–water partition coefficient (Wildman–Crippen LogP) is 1.35. The van der Waals surface area contributed by atoms with Crippen LogP contribution < -0.4 is 43.1 Å². The number of carboxylic acids is 1. The Labute approximate surface area is 533 Å². The van der Waals surface area contributed by atoms with Gasteiger partial charge in [0.1, 0.15) is 47.7 Å². The molecule has 1 saturated heterocycles. The highest BCUT2D eigenvalue weighted by Gasteiger charge is 2.37. The fourth-order valence-corrected chi connectivity index (χ4v) is 10.8. The molecule has 0 radical (unpaired) electrons. The van der Waals surface area contributed by atoms with Gasteiger partial charge in [-0.3, -0.25) is 38.4 Å². The number of aliphatic hydroxyl groups excluding tert-OH is 1. The van der Waals surface area contributed by atoms with E-state index in [0.29, 0.717) is 55.5 Å². The highest BCUT2D eigenvalue weighted by molar-refractivity contribution is 6.41. The second kappa shape index (κ2) is 36.1. The van der Waals surface area contributed by atoms with E-state index in [9.17, 15) is 73.5 Å². The lowest BCUT2D eigenvalue weighted by Crippen LogP contribution is -2.60. The Kier molecular flexibility index (Phi) is 28.2. The Morgan fingerprint density at radius 2 is 1.21 bits per heavy atom. The number of aromatic amines is 1. The molecule has 92 heavy (non-hydrogen) atoms. The Hall–Kier alpha value is -9.08. The molecule has 1 aliphatic heterocycles. The van der Waals surface area contributed by atoms with Gasteiger partial charge in [-0.15, -0.1) is 0 Å². The molecule has 2 heterocycles. The quantitative estimate of drug-likeness (QED) is 0.0343. The number of benzene rings is 4. The second-order valence-electron chi connectivity index (χ2n) is 23.9. The number of aliphatic hydroxyl groups is 1. The first kappa shape index (κ1) is 72.0. The third-order valence-corrected chi connectivity index (χ3v) is 15.9. The normalized spacial score (nSPS) is 21.1. The minimum atomic E-state index is -1.79. The number of H-pyrrole nitrogens is 1. The number of hydrazine groups is 1. The molecule has 1 aliphatic rings. The lowest BCUT2D eigenvalue weighted by atomic mass is 9.92. The van der Waals surface area contributed by atoms with E-state index in [4.69, 9.17) is 5.73 Å². The lowest BCUT2D eigenvalue weighted by Gasteiger charge is -2.30. The van der Waals surface area contributed by atoms with Crippen LogP contribution in [0.25, 0.3) is 10.9 Å². The molecule has 26 nitrogen and oxygen atoms in total. The lowest BCUT2D eigenvalue weighted by molar-refractivity contribution is -0.142. The minimum Gasteiger partial charge on any atom is -0.508 e. The summed E-state index contributed by atoms with van der Waals surface area (Å²) in [5.41, 5.74) is 11.6. The monoisotopic (exact) mass is 1270 g/mol. The first-order chi connectivity index (χ1) is 44.0. The molecule has 0 saturated carbocycles. The van der Waals surface area contributed by atoms with Crippen molar-refractivity contribution in [3.05, 3.63) is 126 Å². The van der Waals surface area contributed by atoms with Crippen LogP contribution in [0.5, 0.6) is 17.2 Å². The van der Waals surface area contributed by atoms with Gasteiger partial charge in [-0.25, -0.2) is 15.2 Å². The molecule has 4 aromatic carbocycles. The van der Waals surface area contributed by atoms with Gasteiger partial charge in [-0.2, -0.15) is 0 Å². The number of aromatic hydroxyl groups is 3. The summed E-state index contributed by atoms with van der Waals surface area (Å²) < 4.78 is 0. The third-order valence-electron chi connectivity index (χ3n) is 15.9. The molecule has 5 aromatic rings. The Morgan fingerprint density at radius 1 is 0.663 bits per heavy atom. The smallest absolute Gasteiger partial charge is 0.326 e. The van der Waals surface area contributed by atoms with E-state index in [1.54, 1.807) is 38.2 Å². The van der Waals surface area contributed by atoms with Crippen LogP contribution >= 0.6 is 0 Å². The van der Waals surface area contributed by atoms with Crippen molar-refractivity contribution in [3.8, 4) is 17.2 Å². The Morgan fingerprint density at radius 3 is 1.82 bits per heavy atom. The van der Waals surface area contributed by atoms with Gasteiger partial charge >= 0.3 is 5.97 Å². The van der Waals surface area contributed by atoms with Gasteiger partial charge < -0.3 is 77.8 Å². The van der Waals surface area contributed by atoms with Crippen LogP contribution in [0.1, 0.15) is 87.5 Å². The zero-order chi connectivity index (χ0) is 66.9. The van der Waals surface area contributed by atoms with E-state index in [2.05, 4.69) is 47.2 Å². The van der Waals surface area contributed by atoms with Crippen LogP contribution in [0.2, 0.25) is 0 Å². The number of fused-ring (bicyclic) bond motifs is 1. The number of carbonyl (C=O) groups is 10. The number of aromatic nitrogens is 1. The molecular formula is C66H87N11O15. The number of hydrogen-bond donors (Lipinski definition) is 14. The number of nitrogens with one attached hydrogen (secondary N) is 8. The highest BCUT2D eigenvalue weighted by atomic mass is 16.4. The van der Waals surface area contributed by atoms with Crippen molar-refractivity contribution in [1.82, 2.24) is 52.2 Å². The maximum Gasteiger partial charge on any atom is 0.326 e. The number of aliphatic carboxylic acids is 1. The maximum absolute atomic E-state index is 14.9. The van der Waals surface area contributed by atoms with E-state index in [1.165, 1.54) is 65.7 Å². The number of rotatable bonds is 22. The van der Waals surface area contributed by atoms with E-state index >= 15 is 0 Å². The number of para-hydroxylation sites is 1. The van der Waals surface area contributed by atoms with Crippen molar-refractivity contribution in [2.24, 2.45) is 17.6 Å². The molecule has 6 amide bonds. The topological polar surface area (TPSA) is 404 Å². The third kappa shape index (κ3) is 23.3. The SMILES string of the molecule is CC(C)C[C@@H]1NN(CC(=O)N[C@@H](Cc2ccc(O)cc2)C(=O)O)CCCCN(C)CCCC[C@H](CN[C@H](C=O)Cc2ccc(O)cc2)C(=O)N[C@@H](Cc2c[nH]c3ccccc23)C(=O)NC(CO)C(=O)N[C@@H](CCC(N)=O)C(=O)NC(Cc2ccc(O)cc2)C(=O)C1=O. The van der Waals surface area contributed by atoms with Gasteiger partial charge in [-0.05, 0) is 136 Å². The van der Waals surface area contributed by atoms with Crippen LogP contribution in [0, 0.1) is 11.8 Å². The van der Waals surface area contributed by atoms with Crippen LogP contribution in [0.15, 0.2) is 103 Å². The summed E-state index contributed by atoms with van der Waals surface area (Å²) in [5.74, 6) is -9.99. The van der Waals surface area contributed by atoms with Gasteiger partial charge in [0.05, 0.1) is 37.2 Å². The number of carboxylic acid groups (broad SMARTS) is 1. The molecule has 15 N–H and O–H groups in total. The van der Waals surface area contributed by atoms with Crippen molar-refractivity contribution in [2.75, 3.05) is 46.4 Å². The van der Waals surface area contributed by atoms with Crippen molar-refractivity contribution in [3.63, 3.8) is 0 Å². The van der Waals surface area contributed by atoms with E-state index in [-0.39, 0.29) is 74.8 Å². The zero-order valence-corrected chi connectivity index (χ0v) is 52.1. The number of amides is 6. The molecular weight excluding hydrogens is 1190 g/mol. The van der Waals surface area contributed by atoms with Crippen LogP contribution in [-0.4, -0.2) is 188 Å². The summed E-state index contributed by atoms with van der Waals surface area (Å²) in [6.45, 7) is 3.27. The van der Waals surface area contributed by atoms with Gasteiger partial charge in [-0.1, -0.05) is 74.9 Å². The Bertz CT molecular complexity index is 3290. The first-order valence-electron chi connectivity index (χ1n) is 31.0. The summed E-state index contributed by atoms with van der Waals surface area (Å²) >= 11 is 0. The molecule has 6 rings (SSSR count). The number of nitrogens with zero attached hydrogens (tertiary/aromatic N) is 2.